The minimum Gasteiger partial charge on any atom is -0.497 e. The summed E-state index contributed by atoms with van der Waals surface area (Å²) < 4.78 is 5.10. The van der Waals surface area contributed by atoms with Crippen molar-refractivity contribution >= 4 is 29.1 Å². The first-order valence-electron chi connectivity index (χ1n) is 8.39. The minimum atomic E-state index is -0.211. The third-order valence-electron chi connectivity index (χ3n) is 3.70. The second-order valence-corrected chi connectivity index (χ2v) is 6.78. The van der Waals surface area contributed by atoms with Gasteiger partial charge in [0.25, 0.3) is 5.91 Å². The summed E-state index contributed by atoms with van der Waals surface area (Å²) in [6.45, 7) is 4.63. The lowest BCUT2D eigenvalue weighted by Crippen LogP contribution is -2.27. The molecule has 5 nitrogen and oxygen atoms in total. The van der Waals surface area contributed by atoms with Crippen LogP contribution in [0, 0.1) is 5.92 Å². The molecule has 0 heterocycles. The number of rotatable bonds is 7. The number of carbonyl (C=O) groups is 2. The standard InChI is InChI=1S/C20H23ClN2O3/c1-13(2)12-22-20(25)15-6-9-17(21)18(11-15)23-19(24)10-14-4-7-16(26-3)8-5-14/h4-9,11,13H,10,12H2,1-3H3,(H,22,25)(H,23,24). The number of hydrogen-bond donors (Lipinski definition) is 2. The molecule has 2 amide bonds. The Kier molecular flexibility index (Phi) is 7.04. The summed E-state index contributed by atoms with van der Waals surface area (Å²) in [7, 11) is 1.59. The lowest BCUT2D eigenvalue weighted by Gasteiger charge is -2.11. The molecule has 0 unspecified atom stereocenters. The molecule has 2 aromatic carbocycles. The summed E-state index contributed by atoms with van der Waals surface area (Å²) in [6, 6.07) is 12.1. The van der Waals surface area contributed by atoms with Gasteiger partial charge in [-0.3, -0.25) is 9.59 Å². The maximum Gasteiger partial charge on any atom is 0.251 e. The predicted octanol–water partition coefficient (Wildman–Crippen LogP) is 3.92. The monoisotopic (exact) mass is 374 g/mol. The third-order valence-corrected chi connectivity index (χ3v) is 4.03. The molecule has 6 heteroatoms. The van der Waals surface area contributed by atoms with Crippen LogP contribution >= 0.6 is 11.6 Å². The number of amides is 2. The lowest BCUT2D eigenvalue weighted by molar-refractivity contribution is -0.115. The fourth-order valence-electron chi connectivity index (χ4n) is 2.28. The maximum absolute atomic E-state index is 12.3. The molecule has 0 aliphatic heterocycles. The van der Waals surface area contributed by atoms with E-state index in [0.29, 0.717) is 28.7 Å². The van der Waals surface area contributed by atoms with Crippen LogP contribution < -0.4 is 15.4 Å². The van der Waals surface area contributed by atoms with E-state index in [1.165, 1.54) is 0 Å². The number of methoxy groups -OCH3 is 1. The van der Waals surface area contributed by atoms with Crippen molar-refractivity contribution in [1.82, 2.24) is 5.32 Å². The highest BCUT2D eigenvalue weighted by atomic mass is 35.5. The molecule has 0 aliphatic rings. The summed E-state index contributed by atoms with van der Waals surface area (Å²) in [5.74, 6) is 0.685. The highest BCUT2D eigenvalue weighted by Crippen LogP contribution is 2.23. The first-order valence-corrected chi connectivity index (χ1v) is 8.77. The number of anilines is 1. The van der Waals surface area contributed by atoms with Gasteiger partial charge in [-0.1, -0.05) is 37.6 Å². The molecule has 2 rings (SSSR count). The second kappa shape index (κ2) is 9.25. The van der Waals surface area contributed by atoms with Gasteiger partial charge < -0.3 is 15.4 Å². The number of ether oxygens (including phenoxy) is 1. The molecule has 0 aliphatic carbocycles. The largest absolute Gasteiger partial charge is 0.497 e. The highest BCUT2D eigenvalue weighted by molar-refractivity contribution is 6.33. The van der Waals surface area contributed by atoms with E-state index in [0.717, 1.165) is 11.3 Å². The molecule has 0 saturated carbocycles. The molecule has 0 bridgehead atoms. The van der Waals surface area contributed by atoms with Crippen LogP contribution in [0.2, 0.25) is 5.02 Å². The van der Waals surface area contributed by atoms with Gasteiger partial charge in [-0.05, 0) is 41.8 Å². The SMILES string of the molecule is COc1ccc(CC(=O)Nc2cc(C(=O)NCC(C)C)ccc2Cl)cc1. The summed E-state index contributed by atoms with van der Waals surface area (Å²) in [5.41, 5.74) is 1.72. The zero-order chi connectivity index (χ0) is 19.1. The quantitative estimate of drug-likeness (QED) is 0.771. The van der Waals surface area contributed by atoms with Gasteiger partial charge in [-0.25, -0.2) is 0 Å². The number of hydrogen-bond acceptors (Lipinski definition) is 3. The van der Waals surface area contributed by atoms with Crippen molar-refractivity contribution in [3.8, 4) is 5.75 Å². The van der Waals surface area contributed by atoms with E-state index >= 15 is 0 Å². The van der Waals surface area contributed by atoms with Crippen LogP contribution in [-0.2, 0) is 11.2 Å². The average Bonchev–Trinajstić information content (AvgIpc) is 2.62. The van der Waals surface area contributed by atoms with E-state index in [9.17, 15) is 9.59 Å². The first-order chi connectivity index (χ1) is 12.4. The van der Waals surface area contributed by atoms with Crippen LogP contribution in [0.5, 0.6) is 5.75 Å². The summed E-state index contributed by atoms with van der Waals surface area (Å²) >= 11 is 6.15. The van der Waals surface area contributed by atoms with Crippen LogP contribution in [-0.4, -0.2) is 25.5 Å². The molecular weight excluding hydrogens is 352 g/mol. The second-order valence-electron chi connectivity index (χ2n) is 6.37. The number of benzene rings is 2. The van der Waals surface area contributed by atoms with Crippen LogP contribution in [0.4, 0.5) is 5.69 Å². The molecule has 0 radical (unpaired) electrons. The Labute approximate surface area is 158 Å². The molecule has 138 valence electrons. The third kappa shape index (κ3) is 5.77. The number of halogens is 1. The molecule has 0 saturated heterocycles. The van der Waals surface area contributed by atoms with Crippen molar-refractivity contribution in [1.29, 1.82) is 0 Å². The smallest absolute Gasteiger partial charge is 0.251 e. The molecular formula is C20H23ClN2O3. The molecule has 0 aromatic heterocycles. The first kappa shape index (κ1) is 19.8. The normalized spacial score (nSPS) is 10.5. The topological polar surface area (TPSA) is 67.4 Å². The molecule has 26 heavy (non-hydrogen) atoms. The Bertz CT molecular complexity index is 773. The van der Waals surface area contributed by atoms with Gasteiger partial charge in [0.1, 0.15) is 5.75 Å². The Morgan fingerprint density at radius 1 is 1.12 bits per heavy atom. The van der Waals surface area contributed by atoms with Gasteiger partial charge in [-0.2, -0.15) is 0 Å². The van der Waals surface area contributed by atoms with Gasteiger partial charge >= 0.3 is 0 Å². The molecule has 2 N–H and O–H groups in total. The van der Waals surface area contributed by atoms with Crippen molar-refractivity contribution in [3.63, 3.8) is 0 Å². The van der Waals surface area contributed by atoms with Gasteiger partial charge in [0.2, 0.25) is 5.91 Å². The Hall–Kier alpha value is -2.53. The summed E-state index contributed by atoms with van der Waals surface area (Å²) in [4.78, 5) is 24.5. The van der Waals surface area contributed by atoms with Gasteiger partial charge in [0.05, 0.1) is 24.2 Å². The van der Waals surface area contributed by atoms with Crippen LogP contribution in [0.15, 0.2) is 42.5 Å². The van der Waals surface area contributed by atoms with Crippen molar-refractivity contribution in [3.05, 3.63) is 58.6 Å². The molecule has 0 atom stereocenters. The van der Waals surface area contributed by atoms with Gasteiger partial charge in [0.15, 0.2) is 0 Å². The Morgan fingerprint density at radius 3 is 2.42 bits per heavy atom. The maximum atomic E-state index is 12.3. The summed E-state index contributed by atoms with van der Waals surface area (Å²) in [6.07, 6.45) is 0.199. The van der Waals surface area contributed by atoms with Crippen molar-refractivity contribution in [2.75, 3.05) is 19.0 Å². The summed E-state index contributed by atoms with van der Waals surface area (Å²) in [5, 5.41) is 5.99. The lowest BCUT2D eigenvalue weighted by atomic mass is 10.1. The van der Waals surface area contributed by atoms with Crippen molar-refractivity contribution < 1.29 is 14.3 Å². The average molecular weight is 375 g/mol. The van der Waals surface area contributed by atoms with E-state index in [1.807, 2.05) is 26.0 Å². The Balaban J connectivity index is 2.04. The van der Waals surface area contributed by atoms with E-state index < -0.39 is 0 Å². The van der Waals surface area contributed by atoms with Crippen LogP contribution in [0.3, 0.4) is 0 Å². The van der Waals surface area contributed by atoms with Gasteiger partial charge in [-0.15, -0.1) is 0 Å². The Morgan fingerprint density at radius 2 is 1.81 bits per heavy atom. The molecule has 0 fully saturated rings. The minimum absolute atomic E-state index is 0.193. The van der Waals surface area contributed by atoms with Crippen LogP contribution in [0.25, 0.3) is 0 Å². The van der Waals surface area contributed by atoms with E-state index in [2.05, 4.69) is 10.6 Å². The van der Waals surface area contributed by atoms with E-state index in [1.54, 1.807) is 37.4 Å². The fourth-order valence-corrected chi connectivity index (χ4v) is 2.45. The fraction of sp³-hybridized carbons (Fsp3) is 0.300. The molecule has 2 aromatic rings. The van der Waals surface area contributed by atoms with Crippen molar-refractivity contribution in [2.24, 2.45) is 5.92 Å². The van der Waals surface area contributed by atoms with Gasteiger partial charge in [0, 0.05) is 12.1 Å². The number of nitrogens with one attached hydrogen (secondary N) is 2. The van der Waals surface area contributed by atoms with E-state index in [-0.39, 0.29) is 18.2 Å². The highest BCUT2D eigenvalue weighted by Gasteiger charge is 2.12. The number of carbonyl (C=O) groups excluding carboxylic acids is 2. The zero-order valence-electron chi connectivity index (χ0n) is 15.1. The van der Waals surface area contributed by atoms with E-state index in [4.69, 9.17) is 16.3 Å². The molecule has 0 spiro atoms. The predicted molar refractivity (Wildman–Crippen MR) is 104 cm³/mol. The zero-order valence-corrected chi connectivity index (χ0v) is 15.9. The van der Waals surface area contributed by atoms with Crippen molar-refractivity contribution in [2.45, 2.75) is 20.3 Å². The van der Waals surface area contributed by atoms with Crippen LogP contribution in [0.1, 0.15) is 29.8 Å².